The van der Waals surface area contributed by atoms with Crippen molar-refractivity contribution in [1.82, 2.24) is 20.0 Å². The van der Waals surface area contributed by atoms with Gasteiger partial charge in [0.15, 0.2) is 0 Å². The smallest absolute Gasteiger partial charge is 0.540 e. The van der Waals surface area contributed by atoms with E-state index in [-0.39, 0.29) is 30.8 Å². The van der Waals surface area contributed by atoms with Gasteiger partial charge >= 0.3 is 18.9 Å². The van der Waals surface area contributed by atoms with Gasteiger partial charge < -0.3 is 23.2 Å². The molecule has 150 valence electrons. The maximum Gasteiger partial charge on any atom is 1.00 e. The van der Waals surface area contributed by atoms with Crippen LogP contribution in [-0.2, 0) is 4.79 Å². The minimum absolute atomic E-state index is 0. The molecule has 1 fully saturated rings. The number of fused-ring (bicyclic) bond motifs is 1. The van der Waals surface area contributed by atoms with Gasteiger partial charge in [-0.05, 0) is 41.9 Å². The molecular formula is C21H25LiN4O2S-2. The molecule has 0 spiro atoms. The van der Waals surface area contributed by atoms with E-state index in [9.17, 15) is 4.79 Å². The van der Waals surface area contributed by atoms with Gasteiger partial charge in [-0.15, -0.1) is 5.10 Å². The number of aromatic nitrogens is 4. The zero-order valence-corrected chi connectivity index (χ0v) is 18.0. The minimum Gasteiger partial charge on any atom is -0.540 e. The topological polar surface area (TPSA) is 80.9 Å². The number of nitrogens with zero attached hydrogens (tertiary/aromatic N) is 4. The molecule has 0 aliphatic heterocycles. The third-order valence-corrected chi connectivity index (χ3v) is 5.47. The van der Waals surface area contributed by atoms with E-state index in [4.69, 9.17) is 5.11 Å². The third-order valence-electron chi connectivity index (χ3n) is 4.44. The molecule has 1 aliphatic rings. The second kappa shape index (κ2) is 10.9. The summed E-state index contributed by atoms with van der Waals surface area (Å²) in [4.78, 5) is 15.1. The van der Waals surface area contributed by atoms with E-state index in [1.54, 1.807) is 16.0 Å². The number of hydrogen-bond donors (Lipinski definition) is 1. The van der Waals surface area contributed by atoms with Crippen molar-refractivity contribution in [1.29, 1.82) is 0 Å². The number of thiazole rings is 1. The number of carbonyl (C=O) groups excluding carboxylic acids is 1. The normalized spacial score (nSPS) is 15.2. The van der Waals surface area contributed by atoms with Gasteiger partial charge in [0.1, 0.15) is 0 Å². The van der Waals surface area contributed by atoms with Crippen LogP contribution in [-0.4, -0.2) is 37.5 Å². The van der Waals surface area contributed by atoms with Crippen LogP contribution >= 0.6 is 11.3 Å². The van der Waals surface area contributed by atoms with Crippen LogP contribution in [0.25, 0.3) is 10.2 Å². The van der Waals surface area contributed by atoms with Crippen LogP contribution in [0.1, 0.15) is 55.8 Å². The monoisotopic (exact) mass is 404 g/mol. The van der Waals surface area contributed by atoms with E-state index in [1.165, 1.54) is 17.5 Å². The fourth-order valence-corrected chi connectivity index (χ4v) is 3.62. The molecule has 6 nitrogen and oxygen atoms in total. The average Bonchev–Trinajstić information content (AvgIpc) is 3.25. The fraction of sp³-hybridized carbons (Fsp3) is 0.429. The van der Waals surface area contributed by atoms with Crippen LogP contribution in [0.3, 0.4) is 0 Å². The summed E-state index contributed by atoms with van der Waals surface area (Å²) in [5.74, 6) is 0.796. The molecule has 2 aromatic heterocycles. The largest absolute Gasteiger partial charge is 1.00 e. The molecule has 8 heteroatoms. The van der Waals surface area contributed by atoms with Gasteiger partial charge in [0.25, 0.3) is 0 Å². The SMILES string of the molecule is CC(C)C([C-]=O)n1cc(C2CC2)nn1.[CH2-][C@H](O)C[CH-]c1nc2ccccc2s1.[Li+]. The van der Waals surface area contributed by atoms with Crippen LogP contribution < -0.4 is 18.9 Å². The molecule has 0 radical (unpaired) electrons. The number of benzene rings is 1. The summed E-state index contributed by atoms with van der Waals surface area (Å²) < 4.78 is 2.81. The standard InChI is InChI=1S/C11H11NOS.C10H14N3O.Li/c1-8(13)6-7-11-12-9-4-2-3-5-10(9)14-11;1-7(2)10(6-14)13-5-9(11-12-13)8-3-4-8;/h2-5,7-8,13H,1,6H2;5,7-8,10H,3-4H2,1-2H3;/q-2;-1;+1/t8-;;/m0../s1. The first-order valence-electron chi connectivity index (χ1n) is 9.47. The summed E-state index contributed by atoms with van der Waals surface area (Å²) in [5.41, 5.74) is 2.04. The molecular weight excluding hydrogens is 379 g/mol. The molecule has 1 N–H and O–H groups in total. The molecule has 4 rings (SSSR count). The van der Waals surface area contributed by atoms with Gasteiger partial charge in [-0.1, -0.05) is 37.3 Å². The maximum absolute atomic E-state index is 10.7. The Morgan fingerprint density at radius 2 is 2.10 bits per heavy atom. The van der Waals surface area contributed by atoms with E-state index < -0.39 is 6.10 Å². The Balaban J connectivity index is 0.000000200. The van der Waals surface area contributed by atoms with Crippen molar-refractivity contribution in [3.63, 3.8) is 0 Å². The number of aliphatic hydroxyl groups excluding tert-OH is 1. The van der Waals surface area contributed by atoms with Crippen molar-refractivity contribution in [3.8, 4) is 0 Å². The molecule has 2 atom stereocenters. The van der Waals surface area contributed by atoms with Crippen molar-refractivity contribution in [2.75, 3.05) is 0 Å². The molecule has 1 saturated carbocycles. The third kappa shape index (κ3) is 6.68. The van der Waals surface area contributed by atoms with Crippen molar-refractivity contribution in [2.45, 2.75) is 51.2 Å². The molecule has 2 heterocycles. The van der Waals surface area contributed by atoms with E-state index in [1.807, 2.05) is 57.0 Å². The van der Waals surface area contributed by atoms with E-state index >= 15 is 0 Å². The summed E-state index contributed by atoms with van der Waals surface area (Å²) in [7, 11) is 0. The molecule has 0 amide bonds. The number of rotatable bonds is 7. The van der Waals surface area contributed by atoms with Gasteiger partial charge in [0.2, 0.25) is 0 Å². The minimum atomic E-state index is -0.540. The van der Waals surface area contributed by atoms with Crippen LogP contribution in [0, 0.1) is 19.3 Å². The van der Waals surface area contributed by atoms with Crippen LogP contribution in [0.15, 0.2) is 30.5 Å². The molecule has 0 bridgehead atoms. The Morgan fingerprint density at radius 1 is 1.38 bits per heavy atom. The molecule has 3 aromatic rings. The Morgan fingerprint density at radius 3 is 2.69 bits per heavy atom. The first-order valence-corrected chi connectivity index (χ1v) is 10.3. The first-order chi connectivity index (χ1) is 13.5. The van der Waals surface area contributed by atoms with E-state index in [0.29, 0.717) is 12.3 Å². The molecule has 1 unspecified atom stereocenters. The fourth-order valence-electron chi connectivity index (χ4n) is 2.70. The van der Waals surface area contributed by atoms with E-state index in [0.717, 1.165) is 16.2 Å². The average molecular weight is 404 g/mol. The van der Waals surface area contributed by atoms with Gasteiger partial charge in [-0.3, -0.25) is 9.67 Å². The molecule has 1 aliphatic carbocycles. The van der Waals surface area contributed by atoms with Gasteiger partial charge in [0.05, 0.1) is 15.9 Å². The second-order valence-corrected chi connectivity index (χ2v) is 8.38. The zero-order valence-electron chi connectivity index (χ0n) is 17.2. The van der Waals surface area contributed by atoms with E-state index in [2.05, 4.69) is 22.2 Å². The van der Waals surface area contributed by atoms with Crippen LogP contribution in [0.2, 0.25) is 0 Å². The first kappa shape index (κ1) is 23.6. The number of para-hydroxylation sites is 1. The predicted octanol–water partition coefficient (Wildman–Crippen LogP) is 0.900. The molecule has 1 aromatic carbocycles. The Labute approximate surface area is 187 Å². The van der Waals surface area contributed by atoms with Crippen molar-refractivity contribution < 1.29 is 28.8 Å². The number of hydrogen-bond acceptors (Lipinski definition) is 6. The Hall–Kier alpha value is -1.65. The van der Waals surface area contributed by atoms with Crippen molar-refractivity contribution >= 4 is 27.8 Å². The Bertz CT molecular complexity index is 872. The predicted molar refractivity (Wildman–Crippen MR) is 111 cm³/mol. The summed E-state index contributed by atoms with van der Waals surface area (Å²) in [6.07, 6.45) is 8.23. The van der Waals surface area contributed by atoms with Gasteiger partial charge in [-0.25, -0.2) is 6.29 Å². The van der Waals surface area contributed by atoms with Crippen molar-refractivity contribution in [2.24, 2.45) is 5.92 Å². The molecule has 29 heavy (non-hydrogen) atoms. The van der Waals surface area contributed by atoms with Crippen molar-refractivity contribution in [3.05, 3.63) is 54.5 Å². The summed E-state index contributed by atoms with van der Waals surface area (Å²) >= 11 is 1.63. The van der Waals surface area contributed by atoms with Gasteiger partial charge in [0, 0.05) is 12.1 Å². The van der Waals surface area contributed by atoms with Gasteiger partial charge in [-0.2, -0.15) is 17.8 Å². The Kier molecular flexibility index (Phi) is 8.91. The zero-order chi connectivity index (χ0) is 20.1. The van der Waals surface area contributed by atoms with Crippen LogP contribution in [0.4, 0.5) is 0 Å². The summed E-state index contributed by atoms with van der Waals surface area (Å²) in [5, 5.41) is 18.0. The maximum atomic E-state index is 10.7. The second-order valence-electron chi connectivity index (χ2n) is 7.32. The number of aliphatic hydroxyl groups is 1. The summed E-state index contributed by atoms with van der Waals surface area (Å²) in [6.45, 7) is 7.47. The van der Waals surface area contributed by atoms with Crippen LogP contribution in [0.5, 0.6) is 0 Å². The quantitative estimate of drug-likeness (QED) is 0.468. The summed E-state index contributed by atoms with van der Waals surface area (Å²) in [6, 6.07) is 7.71. The molecule has 0 saturated heterocycles.